The van der Waals surface area contributed by atoms with Gasteiger partial charge in [0.1, 0.15) is 0 Å². The summed E-state index contributed by atoms with van der Waals surface area (Å²) >= 11 is 0. The number of nitrogens with two attached hydrogens (primary N) is 1. The topological polar surface area (TPSA) is 63.3 Å². The van der Waals surface area contributed by atoms with Crippen LogP contribution in [0.2, 0.25) is 0 Å². The van der Waals surface area contributed by atoms with E-state index in [9.17, 15) is 4.79 Å². The lowest BCUT2D eigenvalue weighted by Gasteiger charge is -2.57. The Balaban J connectivity index is 1.93. The van der Waals surface area contributed by atoms with Crippen LogP contribution in [0.4, 0.5) is 0 Å². The smallest absolute Gasteiger partial charge is 0.303 e. The Bertz CT molecular complexity index is 390. The van der Waals surface area contributed by atoms with Crippen LogP contribution >= 0.6 is 0 Å². The molecule has 94 valence electrons. The quantitative estimate of drug-likeness (QED) is 0.733. The maximum Gasteiger partial charge on any atom is 0.303 e. The highest BCUT2D eigenvalue weighted by molar-refractivity contribution is 5.68. The normalized spacial score (nSPS) is 46.4. The average molecular weight is 235 g/mol. The maximum absolute atomic E-state index is 11.1. The highest BCUT2D eigenvalue weighted by Gasteiger charge is 2.67. The van der Waals surface area contributed by atoms with Crippen LogP contribution in [0.1, 0.15) is 32.6 Å². The molecule has 0 spiro atoms. The van der Waals surface area contributed by atoms with E-state index in [0.29, 0.717) is 18.4 Å². The minimum Gasteiger partial charge on any atom is -0.481 e. The molecule has 2 saturated carbocycles. The maximum atomic E-state index is 11.1. The molecule has 0 aromatic heterocycles. The largest absolute Gasteiger partial charge is 0.481 e. The first kappa shape index (κ1) is 11.3. The van der Waals surface area contributed by atoms with Gasteiger partial charge in [0.25, 0.3) is 0 Å². The van der Waals surface area contributed by atoms with Crippen molar-refractivity contribution in [2.45, 2.75) is 32.6 Å². The Labute approximate surface area is 102 Å². The molecule has 3 rings (SSSR count). The first-order chi connectivity index (χ1) is 8.14. The van der Waals surface area contributed by atoms with Crippen molar-refractivity contribution in [2.75, 3.05) is 6.54 Å². The fourth-order valence-corrected chi connectivity index (χ4v) is 5.04. The molecule has 0 unspecified atom stereocenters. The Kier molecular flexibility index (Phi) is 2.37. The van der Waals surface area contributed by atoms with Gasteiger partial charge in [0.2, 0.25) is 0 Å². The average Bonchev–Trinajstić information content (AvgIpc) is 2.79. The van der Waals surface area contributed by atoms with Gasteiger partial charge >= 0.3 is 5.97 Å². The number of carboxylic acids is 1. The van der Waals surface area contributed by atoms with Gasteiger partial charge < -0.3 is 10.8 Å². The lowest BCUT2D eigenvalue weighted by Crippen LogP contribution is -2.58. The van der Waals surface area contributed by atoms with Gasteiger partial charge in [-0.2, -0.15) is 0 Å². The number of carbonyl (C=O) groups is 1. The Hall–Kier alpha value is -0.830. The van der Waals surface area contributed by atoms with Crippen molar-refractivity contribution in [3.63, 3.8) is 0 Å². The monoisotopic (exact) mass is 235 g/mol. The summed E-state index contributed by atoms with van der Waals surface area (Å²) in [6.45, 7) is 2.75. The van der Waals surface area contributed by atoms with Crippen molar-refractivity contribution in [1.29, 1.82) is 0 Å². The van der Waals surface area contributed by atoms with Gasteiger partial charge in [0.15, 0.2) is 0 Å². The van der Waals surface area contributed by atoms with Crippen molar-refractivity contribution < 1.29 is 9.90 Å². The van der Waals surface area contributed by atoms with Gasteiger partial charge in [-0.05, 0) is 49.5 Å². The highest BCUT2D eigenvalue weighted by Crippen LogP contribution is 2.71. The molecule has 0 heterocycles. The summed E-state index contributed by atoms with van der Waals surface area (Å²) in [5.41, 5.74) is 7.40. The van der Waals surface area contributed by atoms with Crippen LogP contribution in [-0.2, 0) is 4.79 Å². The number of carboxylic acid groups (broad SMARTS) is 1. The third-order valence-corrected chi connectivity index (χ3v) is 5.67. The number of rotatable bonds is 4. The minimum absolute atomic E-state index is 0.123. The Morgan fingerprint density at radius 3 is 2.94 bits per heavy atom. The second-order valence-electron chi connectivity index (χ2n) is 6.00. The molecule has 0 aromatic carbocycles. The second-order valence-corrected chi connectivity index (χ2v) is 6.00. The van der Waals surface area contributed by atoms with Crippen LogP contribution < -0.4 is 5.73 Å². The lowest BCUT2D eigenvalue weighted by atomic mass is 9.47. The molecule has 2 fully saturated rings. The number of aliphatic carboxylic acids is 1. The van der Waals surface area contributed by atoms with E-state index in [1.165, 1.54) is 12.8 Å². The highest BCUT2D eigenvalue weighted by atomic mass is 16.4. The predicted octanol–water partition coefficient (Wildman–Crippen LogP) is 2.03. The fourth-order valence-electron chi connectivity index (χ4n) is 5.04. The number of allylic oxidation sites excluding steroid dienone is 2. The molecule has 3 N–H and O–H groups in total. The summed E-state index contributed by atoms with van der Waals surface area (Å²) < 4.78 is 0. The second kappa shape index (κ2) is 3.58. The van der Waals surface area contributed by atoms with Crippen LogP contribution in [0.5, 0.6) is 0 Å². The molecule has 0 amide bonds. The van der Waals surface area contributed by atoms with Gasteiger partial charge in [-0.15, -0.1) is 0 Å². The molecular formula is C14H21NO2. The van der Waals surface area contributed by atoms with Crippen LogP contribution in [-0.4, -0.2) is 17.6 Å². The molecule has 3 nitrogen and oxygen atoms in total. The Morgan fingerprint density at radius 1 is 1.59 bits per heavy atom. The van der Waals surface area contributed by atoms with Gasteiger partial charge in [-0.1, -0.05) is 18.6 Å². The molecule has 3 heteroatoms. The zero-order chi connectivity index (χ0) is 12.2. The van der Waals surface area contributed by atoms with Crippen LogP contribution in [0.25, 0.3) is 0 Å². The number of hydrogen-bond acceptors (Lipinski definition) is 2. The van der Waals surface area contributed by atoms with Crippen molar-refractivity contribution >= 4 is 5.97 Å². The van der Waals surface area contributed by atoms with E-state index in [2.05, 4.69) is 13.0 Å². The van der Waals surface area contributed by atoms with Gasteiger partial charge in [-0.25, -0.2) is 0 Å². The summed E-state index contributed by atoms with van der Waals surface area (Å²) in [7, 11) is 0. The zero-order valence-corrected chi connectivity index (χ0v) is 10.4. The summed E-state index contributed by atoms with van der Waals surface area (Å²) in [4.78, 5) is 11.1. The molecular weight excluding hydrogens is 214 g/mol. The summed E-state index contributed by atoms with van der Waals surface area (Å²) in [5, 5.41) is 9.14. The summed E-state index contributed by atoms with van der Waals surface area (Å²) in [6.07, 6.45) is 6.20. The van der Waals surface area contributed by atoms with Gasteiger partial charge in [0, 0.05) is 5.41 Å². The van der Waals surface area contributed by atoms with E-state index < -0.39 is 5.97 Å². The Morgan fingerprint density at radius 2 is 2.35 bits per heavy atom. The first-order valence-electron chi connectivity index (χ1n) is 6.76. The zero-order valence-electron chi connectivity index (χ0n) is 10.4. The van der Waals surface area contributed by atoms with Crippen LogP contribution in [0.15, 0.2) is 11.6 Å². The van der Waals surface area contributed by atoms with E-state index in [4.69, 9.17) is 10.8 Å². The lowest BCUT2D eigenvalue weighted by molar-refractivity contribution is -0.150. The van der Waals surface area contributed by atoms with Gasteiger partial charge in [0.05, 0.1) is 6.42 Å². The SMILES string of the molecule is CCC1=C[C@@H]2[C@@H]3[C@H]1CC[C@@H]3[C@]2(CN)CC(=O)O. The third-order valence-electron chi connectivity index (χ3n) is 5.67. The standard InChI is InChI=1S/C14H21NO2/c1-2-8-5-11-13-9(8)3-4-10(13)14(11,7-15)6-12(16)17/h5,9-11,13H,2-4,6-7,15H2,1H3,(H,16,17)/t9-,10-,11+,13+,14+/m0/s1. The van der Waals surface area contributed by atoms with Crippen molar-refractivity contribution in [1.82, 2.24) is 0 Å². The predicted molar refractivity (Wildman–Crippen MR) is 65.3 cm³/mol. The minimum atomic E-state index is -0.685. The molecule has 17 heavy (non-hydrogen) atoms. The van der Waals surface area contributed by atoms with E-state index in [1.807, 2.05) is 0 Å². The first-order valence-corrected chi connectivity index (χ1v) is 6.76. The van der Waals surface area contributed by atoms with Crippen molar-refractivity contribution in [2.24, 2.45) is 34.8 Å². The van der Waals surface area contributed by atoms with E-state index in [-0.39, 0.29) is 11.8 Å². The fraction of sp³-hybridized carbons (Fsp3) is 0.786. The molecule has 0 bridgehead atoms. The molecule has 0 saturated heterocycles. The molecule has 0 radical (unpaired) electrons. The third kappa shape index (κ3) is 1.23. The number of hydrogen-bond donors (Lipinski definition) is 2. The van der Waals surface area contributed by atoms with Crippen molar-refractivity contribution in [3.05, 3.63) is 11.6 Å². The van der Waals surface area contributed by atoms with Crippen molar-refractivity contribution in [3.8, 4) is 0 Å². The van der Waals surface area contributed by atoms with E-state index in [0.717, 1.165) is 18.3 Å². The molecule has 5 atom stereocenters. The van der Waals surface area contributed by atoms with Gasteiger partial charge in [-0.3, -0.25) is 4.79 Å². The molecule has 3 aliphatic carbocycles. The van der Waals surface area contributed by atoms with Crippen LogP contribution in [0, 0.1) is 29.1 Å². The molecule has 0 aromatic rings. The molecule has 3 aliphatic rings. The van der Waals surface area contributed by atoms with E-state index >= 15 is 0 Å². The summed E-state index contributed by atoms with van der Waals surface area (Å²) in [5.74, 6) is 1.82. The summed E-state index contributed by atoms with van der Waals surface area (Å²) in [6, 6.07) is 0. The van der Waals surface area contributed by atoms with E-state index in [1.54, 1.807) is 5.57 Å². The molecule has 0 aliphatic heterocycles. The van der Waals surface area contributed by atoms with Crippen LogP contribution in [0.3, 0.4) is 0 Å².